The number of carboxylic acid groups (broad SMARTS) is 1. The molecule has 0 aliphatic rings. The minimum Gasteiger partial charge on any atom is -0.481 e. The van der Waals surface area contributed by atoms with Crippen molar-refractivity contribution in [3.8, 4) is 0 Å². The fourth-order valence-corrected chi connectivity index (χ4v) is 1.93. The highest BCUT2D eigenvalue weighted by Crippen LogP contribution is 2.11. The molecule has 0 aromatic rings. The molecule has 1 N–H and O–H groups in total. The number of esters is 1. The maximum atomic E-state index is 10.7. The van der Waals surface area contributed by atoms with E-state index in [1.54, 1.807) is 0 Å². The summed E-state index contributed by atoms with van der Waals surface area (Å²) < 4.78 is 5.04. The van der Waals surface area contributed by atoms with Crippen LogP contribution >= 0.6 is 0 Å². The minimum absolute atomic E-state index is 0.0260. The lowest BCUT2D eigenvalue weighted by Gasteiger charge is -2.11. The van der Waals surface area contributed by atoms with E-state index < -0.39 is 5.97 Å². The molecule has 0 aromatic carbocycles. The second kappa shape index (κ2) is 11.1. The summed E-state index contributed by atoms with van der Waals surface area (Å²) in [6.45, 7) is 3.36. The zero-order valence-corrected chi connectivity index (χ0v) is 11.6. The third-order valence-corrected chi connectivity index (χ3v) is 2.87. The molecule has 0 aliphatic carbocycles. The van der Waals surface area contributed by atoms with Crippen LogP contribution in [-0.2, 0) is 14.3 Å². The topological polar surface area (TPSA) is 63.6 Å². The quantitative estimate of drug-likeness (QED) is 0.455. The number of carbonyl (C=O) groups excluding carboxylic acids is 1. The van der Waals surface area contributed by atoms with Gasteiger partial charge in [-0.05, 0) is 26.2 Å². The van der Waals surface area contributed by atoms with Gasteiger partial charge in [0.25, 0.3) is 0 Å². The van der Waals surface area contributed by atoms with Gasteiger partial charge in [0.15, 0.2) is 0 Å². The minimum atomic E-state index is -0.700. The van der Waals surface area contributed by atoms with Crippen molar-refractivity contribution in [3.63, 3.8) is 0 Å². The monoisotopic (exact) mass is 258 g/mol. The largest absolute Gasteiger partial charge is 0.481 e. The van der Waals surface area contributed by atoms with Crippen LogP contribution in [0.2, 0.25) is 0 Å². The lowest BCUT2D eigenvalue weighted by atomic mass is 10.1. The summed E-state index contributed by atoms with van der Waals surface area (Å²) in [6, 6.07) is 0. The molecule has 0 bridgehead atoms. The summed E-state index contributed by atoms with van der Waals surface area (Å²) in [5, 5.41) is 8.46. The van der Waals surface area contributed by atoms with Gasteiger partial charge in [-0.3, -0.25) is 9.59 Å². The molecule has 0 spiro atoms. The van der Waals surface area contributed by atoms with Crippen LogP contribution in [0.3, 0.4) is 0 Å². The number of rotatable bonds is 11. The van der Waals surface area contributed by atoms with E-state index in [1.165, 1.54) is 19.8 Å². The summed E-state index contributed by atoms with van der Waals surface area (Å²) in [7, 11) is 0. The van der Waals surface area contributed by atoms with Crippen LogP contribution < -0.4 is 0 Å². The zero-order chi connectivity index (χ0) is 13.8. The molecule has 0 amide bonds. The average molecular weight is 258 g/mol. The highest BCUT2D eigenvalue weighted by molar-refractivity contribution is 5.66. The van der Waals surface area contributed by atoms with Gasteiger partial charge in [0.1, 0.15) is 0 Å². The van der Waals surface area contributed by atoms with Crippen molar-refractivity contribution in [1.82, 2.24) is 0 Å². The molecule has 0 aliphatic heterocycles. The number of hydrogen-bond acceptors (Lipinski definition) is 3. The van der Waals surface area contributed by atoms with Gasteiger partial charge >= 0.3 is 11.9 Å². The Hall–Kier alpha value is -1.06. The number of carboxylic acids is 1. The van der Waals surface area contributed by atoms with Crippen molar-refractivity contribution in [2.45, 2.75) is 77.7 Å². The molecule has 1 unspecified atom stereocenters. The highest BCUT2D eigenvalue weighted by Gasteiger charge is 2.04. The third kappa shape index (κ3) is 13.0. The number of hydrogen-bond donors (Lipinski definition) is 1. The standard InChI is InChI=1S/C14H26O4/c1-12(18-13(2)15)10-8-6-4-3-5-7-9-11-14(16)17/h12H,3-11H2,1-2H3,(H,16,17). The normalized spacial score (nSPS) is 12.1. The fraction of sp³-hybridized carbons (Fsp3) is 0.857. The van der Waals surface area contributed by atoms with Crippen LogP contribution in [0.4, 0.5) is 0 Å². The Kier molecular flexibility index (Phi) is 10.4. The van der Waals surface area contributed by atoms with E-state index in [9.17, 15) is 9.59 Å². The number of aliphatic carboxylic acids is 1. The highest BCUT2D eigenvalue weighted by atomic mass is 16.5. The molecule has 0 saturated carbocycles. The maximum absolute atomic E-state index is 10.7. The molecule has 4 nitrogen and oxygen atoms in total. The maximum Gasteiger partial charge on any atom is 0.303 e. The van der Waals surface area contributed by atoms with Gasteiger partial charge in [-0.15, -0.1) is 0 Å². The van der Waals surface area contributed by atoms with Crippen LogP contribution in [-0.4, -0.2) is 23.1 Å². The van der Waals surface area contributed by atoms with Gasteiger partial charge in [-0.1, -0.05) is 32.1 Å². The summed E-state index contributed by atoms with van der Waals surface area (Å²) in [5.41, 5.74) is 0. The van der Waals surface area contributed by atoms with E-state index in [2.05, 4.69) is 0 Å². The zero-order valence-electron chi connectivity index (χ0n) is 11.6. The van der Waals surface area contributed by atoms with Crippen molar-refractivity contribution in [3.05, 3.63) is 0 Å². The summed E-state index contributed by atoms with van der Waals surface area (Å²) >= 11 is 0. The smallest absolute Gasteiger partial charge is 0.303 e. The second-order valence-corrected chi connectivity index (χ2v) is 4.83. The van der Waals surface area contributed by atoms with E-state index in [0.29, 0.717) is 6.42 Å². The summed E-state index contributed by atoms with van der Waals surface area (Å²) in [5.74, 6) is -0.907. The molecule has 0 fully saturated rings. The van der Waals surface area contributed by atoms with E-state index in [0.717, 1.165) is 38.5 Å². The van der Waals surface area contributed by atoms with Crippen molar-refractivity contribution < 1.29 is 19.4 Å². The molecule has 0 radical (unpaired) electrons. The molecule has 106 valence electrons. The van der Waals surface area contributed by atoms with Gasteiger partial charge in [0, 0.05) is 13.3 Å². The molecular weight excluding hydrogens is 232 g/mol. The van der Waals surface area contributed by atoms with Crippen LogP contribution in [0, 0.1) is 0 Å². The van der Waals surface area contributed by atoms with Crippen LogP contribution in [0.5, 0.6) is 0 Å². The molecule has 1 atom stereocenters. The van der Waals surface area contributed by atoms with Crippen LogP contribution in [0.15, 0.2) is 0 Å². The fourth-order valence-electron chi connectivity index (χ4n) is 1.93. The van der Waals surface area contributed by atoms with Crippen molar-refractivity contribution in [2.24, 2.45) is 0 Å². The Morgan fingerprint density at radius 3 is 2.00 bits per heavy atom. The first kappa shape index (κ1) is 16.9. The van der Waals surface area contributed by atoms with E-state index in [-0.39, 0.29) is 12.1 Å². The lowest BCUT2D eigenvalue weighted by Crippen LogP contribution is -2.11. The SMILES string of the molecule is CC(=O)OC(C)CCCCCCCCCC(=O)O. The predicted octanol–water partition coefficient (Wildman–Crippen LogP) is 3.53. The van der Waals surface area contributed by atoms with E-state index in [1.807, 2.05) is 6.92 Å². The van der Waals surface area contributed by atoms with E-state index in [4.69, 9.17) is 9.84 Å². The van der Waals surface area contributed by atoms with Gasteiger partial charge in [0.05, 0.1) is 6.10 Å². The van der Waals surface area contributed by atoms with Gasteiger partial charge in [-0.25, -0.2) is 0 Å². The molecular formula is C14H26O4. The molecule has 0 rings (SSSR count). The van der Waals surface area contributed by atoms with Crippen LogP contribution in [0.1, 0.15) is 71.6 Å². The first-order chi connectivity index (χ1) is 8.52. The third-order valence-electron chi connectivity index (χ3n) is 2.87. The first-order valence-corrected chi connectivity index (χ1v) is 6.91. The summed E-state index contributed by atoms with van der Waals surface area (Å²) in [4.78, 5) is 21.0. The average Bonchev–Trinajstić information content (AvgIpc) is 2.25. The Morgan fingerprint density at radius 2 is 1.50 bits per heavy atom. The Balaban J connectivity index is 3.16. The number of unbranched alkanes of at least 4 members (excludes halogenated alkanes) is 6. The van der Waals surface area contributed by atoms with Crippen molar-refractivity contribution in [1.29, 1.82) is 0 Å². The molecule has 0 heterocycles. The Labute approximate surface area is 110 Å². The number of carbonyl (C=O) groups is 2. The van der Waals surface area contributed by atoms with E-state index >= 15 is 0 Å². The van der Waals surface area contributed by atoms with Crippen molar-refractivity contribution in [2.75, 3.05) is 0 Å². The molecule has 0 aromatic heterocycles. The second-order valence-electron chi connectivity index (χ2n) is 4.83. The summed E-state index contributed by atoms with van der Waals surface area (Å²) in [6.07, 6.45) is 8.76. The first-order valence-electron chi connectivity index (χ1n) is 6.91. The number of ether oxygens (including phenoxy) is 1. The van der Waals surface area contributed by atoms with Crippen molar-refractivity contribution >= 4 is 11.9 Å². The predicted molar refractivity (Wildman–Crippen MR) is 70.4 cm³/mol. The van der Waals surface area contributed by atoms with Crippen LogP contribution in [0.25, 0.3) is 0 Å². The molecule has 18 heavy (non-hydrogen) atoms. The Bertz CT molecular complexity index is 238. The van der Waals surface area contributed by atoms with Gasteiger partial charge < -0.3 is 9.84 Å². The molecule has 0 saturated heterocycles. The lowest BCUT2D eigenvalue weighted by molar-refractivity contribution is -0.145. The van der Waals surface area contributed by atoms with Gasteiger partial charge in [-0.2, -0.15) is 0 Å². The van der Waals surface area contributed by atoms with Gasteiger partial charge in [0.2, 0.25) is 0 Å². The molecule has 4 heteroatoms. The Morgan fingerprint density at radius 1 is 1.00 bits per heavy atom.